The fourth-order valence-electron chi connectivity index (χ4n) is 3.55. The fraction of sp³-hybridized carbons (Fsp3) is 0.160. The Morgan fingerprint density at radius 3 is 2.12 bits per heavy atom. The molecule has 174 valence electrons. The maximum absolute atomic E-state index is 13.2. The zero-order valence-electron chi connectivity index (χ0n) is 18.3. The van der Waals surface area contributed by atoms with E-state index in [0.29, 0.717) is 27.9 Å². The average molecular weight is 467 g/mol. The summed E-state index contributed by atoms with van der Waals surface area (Å²) < 4.78 is 45.2. The second-order valence-corrected chi connectivity index (χ2v) is 7.67. The van der Waals surface area contributed by atoms with E-state index in [1.54, 1.807) is 49.5 Å². The number of hydrogen-bond donors (Lipinski definition) is 0. The molecule has 9 heteroatoms. The van der Waals surface area contributed by atoms with Crippen LogP contribution in [-0.4, -0.2) is 26.5 Å². The van der Waals surface area contributed by atoms with Gasteiger partial charge in [0.2, 0.25) is 5.91 Å². The number of amides is 2. The number of carbonyl (C=O) groups excluding carboxylic acids is 2. The molecule has 0 aliphatic heterocycles. The minimum absolute atomic E-state index is 0.0359. The van der Waals surface area contributed by atoms with E-state index in [1.807, 2.05) is 6.07 Å². The topological polar surface area (TPSA) is 64.4 Å². The number of rotatable bonds is 5. The van der Waals surface area contributed by atoms with Gasteiger partial charge < -0.3 is 4.74 Å². The third kappa shape index (κ3) is 4.78. The van der Waals surface area contributed by atoms with Gasteiger partial charge in [-0.15, -0.1) is 0 Å². The quantitative estimate of drug-likeness (QED) is 0.385. The predicted octanol–water partition coefficient (Wildman–Crippen LogP) is 5.57. The van der Waals surface area contributed by atoms with Crippen molar-refractivity contribution in [2.75, 3.05) is 0 Å². The summed E-state index contributed by atoms with van der Waals surface area (Å²) in [6.45, 7) is 1.35. The molecule has 0 spiro atoms. The number of alkyl halides is 3. The number of aromatic nitrogens is 2. The highest BCUT2D eigenvalue weighted by molar-refractivity contribution is 6.10. The molecule has 0 radical (unpaired) electrons. The highest BCUT2D eigenvalue weighted by Crippen LogP contribution is 2.31. The molecular formula is C25H20F3N3O3. The van der Waals surface area contributed by atoms with Gasteiger partial charge in [0.15, 0.2) is 0 Å². The number of hydrogen-bond acceptors (Lipinski definition) is 4. The van der Waals surface area contributed by atoms with Crippen molar-refractivity contribution in [3.05, 3.63) is 89.6 Å². The minimum Gasteiger partial charge on any atom is -0.457 e. The summed E-state index contributed by atoms with van der Waals surface area (Å²) in [6.07, 6.45) is -4.41. The van der Waals surface area contributed by atoms with Crippen LogP contribution in [0.3, 0.4) is 0 Å². The molecule has 0 unspecified atom stereocenters. The molecule has 34 heavy (non-hydrogen) atoms. The predicted molar refractivity (Wildman–Crippen MR) is 119 cm³/mol. The largest absolute Gasteiger partial charge is 0.457 e. The van der Waals surface area contributed by atoms with Crippen molar-refractivity contribution >= 4 is 22.7 Å². The summed E-state index contributed by atoms with van der Waals surface area (Å²) in [4.78, 5) is 26.7. The van der Waals surface area contributed by atoms with Gasteiger partial charge >= 0.3 is 6.18 Å². The summed E-state index contributed by atoms with van der Waals surface area (Å²) in [5.41, 5.74) is 0.884. The molecule has 2 amide bonds. The van der Waals surface area contributed by atoms with Gasteiger partial charge in [0.1, 0.15) is 17.2 Å². The van der Waals surface area contributed by atoms with E-state index in [-0.39, 0.29) is 12.3 Å². The number of benzene rings is 3. The summed E-state index contributed by atoms with van der Waals surface area (Å²) in [5, 5.41) is 4.99. The van der Waals surface area contributed by atoms with Crippen molar-refractivity contribution in [3.63, 3.8) is 0 Å². The number of imide groups is 1. The van der Waals surface area contributed by atoms with Gasteiger partial charge in [-0.2, -0.15) is 18.3 Å². The van der Waals surface area contributed by atoms with Crippen LogP contribution in [0.5, 0.6) is 11.5 Å². The van der Waals surface area contributed by atoms with Crippen LogP contribution in [-0.2, 0) is 24.6 Å². The van der Waals surface area contributed by atoms with Gasteiger partial charge in [-0.1, -0.05) is 30.3 Å². The number of carbonyl (C=O) groups is 2. The van der Waals surface area contributed by atoms with Crippen LogP contribution in [0.4, 0.5) is 13.2 Å². The van der Waals surface area contributed by atoms with E-state index in [2.05, 4.69) is 5.10 Å². The first-order valence-corrected chi connectivity index (χ1v) is 10.3. The van der Waals surface area contributed by atoms with E-state index < -0.39 is 23.6 Å². The molecule has 0 N–H and O–H groups in total. The molecule has 6 nitrogen and oxygen atoms in total. The Labute approximate surface area is 193 Å². The van der Waals surface area contributed by atoms with E-state index in [9.17, 15) is 22.8 Å². The Bertz CT molecular complexity index is 1340. The molecule has 0 saturated carbocycles. The normalized spacial score (nSPS) is 11.4. The second-order valence-electron chi connectivity index (χ2n) is 7.67. The monoisotopic (exact) mass is 467 g/mol. The lowest BCUT2D eigenvalue weighted by atomic mass is 10.1. The molecule has 0 aliphatic rings. The van der Waals surface area contributed by atoms with Crippen molar-refractivity contribution < 1.29 is 27.5 Å². The maximum atomic E-state index is 13.2. The van der Waals surface area contributed by atoms with Crippen LogP contribution in [0.25, 0.3) is 10.9 Å². The third-order valence-electron chi connectivity index (χ3n) is 5.25. The SMILES string of the molecule is CC(=O)N(Cc1ccc(Oc2ccc(C(F)(F)F)cc2)cc1)C(=O)c1c2ccccc2nn1C. The van der Waals surface area contributed by atoms with Crippen LogP contribution >= 0.6 is 0 Å². The summed E-state index contributed by atoms with van der Waals surface area (Å²) in [5.74, 6) is -0.222. The summed E-state index contributed by atoms with van der Waals surface area (Å²) >= 11 is 0. The molecule has 0 saturated heterocycles. The smallest absolute Gasteiger partial charge is 0.416 e. The fourth-order valence-corrected chi connectivity index (χ4v) is 3.55. The first-order valence-electron chi connectivity index (χ1n) is 10.3. The number of ether oxygens (including phenoxy) is 1. The molecule has 0 aliphatic carbocycles. The van der Waals surface area contributed by atoms with Gasteiger partial charge in [-0.05, 0) is 48.0 Å². The van der Waals surface area contributed by atoms with Crippen molar-refractivity contribution in [2.24, 2.45) is 7.05 Å². The van der Waals surface area contributed by atoms with Crippen molar-refractivity contribution in [1.29, 1.82) is 0 Å². The van der Waals surface area contributed by atoms with Crippen LogP contribution in [0.1, 0.15) is 28.5 Å². The summed E-state index contributed by atoms with van der Waals surface area (Å²) in [7, 11) is 1.65. The van der Waals surface area contributed by atoms with Crippen molar-refractivity contribution in [2.45, 2.75) is 19.6 Å². The van der Waals surface area contributed by atoms with Gasteiger partial charge in [-0.3, -0.25) is 19.2 Å². The molecule has 4 rings (SSSR count). The number of fused-ring (bicyclic) bond motifs is 1. The Morgan fingerprint density at radius 1 is 0.941 bits per heavy atom. The Morgan fingerprint density at radius 2 is 1.53 bits per heavy atom. The van der Waals surface area contributed by atoms with Crippen molar-refractivity contribution in [1.82, 2.24) is 14.7 Å². The van der Waals surface area contributed by atoms with Crippen LogP contribution in [0.15, 0.2) is 72.8 Å². The van der Waals surface area contributed by atoms with E-state index in [0.717, 1.165) is 17.0 Å². The van der Waals surface area contributed by atoms with Gasteiger partial charge in [-0.25, -0.2) is 0 Å². The van der Waals surface area contributed by atoms with E-state index in [1.165, 1.54) is 23.7 Å². The molecule has 0 bridgehead atoms. The zero-order chi connectivity index (χ0) is 24.5. The highest BCUT2D eigenvalue weighted by atomic mass is 19.4. The number of halogens is 3. The Balaban J connectivity index is 1.50. The second kappa shape index (κ2) is 9.01. The standard InChI is InChI=1S/C25H20F3N3O3/c1-16(32)31(24(33)23-21-5-3-4-6-22(21)29-30(23)2)15-17-7-11-19(12-8-17)34-20-13-9-18(10-14-20)25(26,27)28/h3-14H,15H2,1-2H3. The molecule has 0 atom stereocenters. The molecule has 4 aromatic rings. The van der Waals surface area contributed by atoms with Crippen LogP contribution < -0.4 is 4.74 Å². The molecule has 0 fully saturated rings. The third-order valence-corrected chi connectivity index (χ3v) is 5.25. The lowest BCUT2D eigenvalue weighted by molar-refractivity contribution is -0.137. The van der Waals surface area contributed by atoms with E-state index in [4.69, 9.17) is 4.74 Å². The van der Waals surface area contributed by atoms with Gasteiger partial charge in [0.25, 0.3) is 5.91 Å². The molecular weight excluding hydrogens is 447 g/mol. The number of nitrogens with zero attached hydrogens (tertiary/aromatic N) is 3. The van der Waals surface area contributed by atoms with E-state index >= 15 is 0 Å². The highest BCUT2D eigenvalue weighted by Gasteiger charge is 2.30. The minimum atomic E-state index is -4.41. The number of aryl methyl sites for hydroxylation is 1. The first kappa shape index (κ1) is 23.0. The van der Waals surface area contributed by atoms with Gasteiger partial charge in [0.05, 0.1) is 17.6 Å². The Kier molecular flexibility index (Phi) is 6.10. The lowest BCUT2D eigenvalue weighted by Crippen LogP contribution is -2.35. The first-order chi connectivity index (χ1) is 16.1. The molecule has 1 aromatic heterocycles. The van der Waals surface area contributed by atoms with Crippen LogP contribution in [0.2, 0.25) is 0 Å². The summed E-state index contributed by atoms with van der Waals surface area (Å²) in [6, 6.07) is 18.2. The van der Waals surface area contributed by atoms with Gasteiger partial charge in [0, 0.05) is 19.4 Å². The lowest BCUT2D eigenvalue weighted by Gasteiger charge is -2.19. The zero-order valence-corrected chi connectivity index (χ0v) is 18.3. The van der Waals surface area contributed by atoms with Crippen molar-refractivity contribution in [3.8, 4) is 11.5 Å². The Hall–Kier alpha value is -4.14. The van der Waals surface area contributed by atoms with Crippen LogP contribution in [0, 0.1) is 0 Å². The molecule has 3 aromatic carbocycles. The molecule has 1 heterocycles. The average Bonchev–Trinajstić information content (AvgIpc) is 3.13. The maximum Gasteiger partial charge on any atom is 0.416 e.